The van der Waals surface area contributed by atoms with Gasteiger partial charge in [-0.05, 0) is 155 Å². The molecule has 0 unspecified atom stereocenters. The van der Waals surface area contributed by atoms with Gasteiger partial charge < -0.3 is 14.4 Å². The first-order valence-electron chi connectivity index (χ1n) is 25.3. The third-order valence-corrected chi connectivity index (χ3v) is 16.2. The van der Waals surface area contributed by atoms with Crippen LogP contribution in [0.2, 0.25) is 0 Å². The van der Waals surface area contributed by atoms with Gasteiger partial charge in [0, 0.05) is 22.9 Å². The Balaban J connectivity index is 0.814. The summed E-state index contributed by atoms with van der Waals surface area (Å²) in [6, 6.07) is 90.5. The fourth-order valence-corrected chi connectivity index (χ4v) is 12.7. The highest BCUT2D eigenvalue weighted by Gasteiger charge is 2.52. The van der Waals surface area contributed by atoms with E-state index in [-0.39, 0.29) is 5.41 Å². The van der Waals surface area contributed by atoms with Crippen LogP contribution in [0.15, 0.2) is 249 Å². The maximum absolute atomic E-state index is 7.06. The van der Waals surface area contributed by atoms with Gasteiger partial charge in [-0.1, -0.05) is 202 Å². The minimum atomic E-state index is -0.486. The second kappa shape index (κ2) is 15.7. The predicted molar refractivity (Wildman–Crippen MR) is 298 cm³/mol. The molecular formula is C70H47NO2. The van der Waals surface area contributed by atoms with Crippen LogP contribution in [-0.2, 0) is 10.8 Å². The standard InChI is InChI=1S/C70H47NO2/c1-69(2)59-20-10-6-16-53(59)57-38-32-49(40-63(57)69)48-30-35-51(36-31-48)71(50-33-28-47(29-34-50)46-26-24-45(25-27-46)44-14-4-3-5-15-44)52-37-39-65-66(41-52)73-68-43-64-58(42-67(68)72-65)56-19-9-13-23-62(56)70(64)60-21-11-7-17-54(60)55-18-8-12-22-61(55)70/h3-43H,1-2H3. The number of benzene rings is 11. The van der Waals surface area contributed by atoms with E-state index in [9.17, 15) is 0 Å². The van der Waals surface area contributed by atoms with E-state index in [2.05, 4.69) is 261 Å². The molecule has 3 heteroatoms. The van der Waals surface area contributed by atoms with Crippen LogP contribution >= 0.6 is 0 Å². The molecule has 0 N–H and O–H groups in total. The van der Waals surface area contributed by atoms with E-state index >= 15 is 0 Å². The van der Waals surface area contributed by atoms with Crippen molar-refractivity contribution < 1.29 is 9.47 Å². The van der Waals surface area contributed by atoms with Gasteiger partial charge >= 0.3 is 0 Å². The van der Waals surface area contributed by atoms with Gasteiger partial charge in [0.1, 0.15) is 0 Å². The molecule has 0 aromatic heterocycles. The Bertz CT molecular complexity index is 3990. The number of ether oxygens (including phenoxy) is 2. The monoisotopic (exact) mass is 933 g/mol. The lowest BCUT2D eigenvalue weighted by Crippen LogP contribution is -2.25. The normalized spacial score (nSPS) is 14.1. The second-order valence-electron chi connectivity index (χ2n) is 20.4. The van der Waals surface area contributed by atoms with Crippen molar-refractivity contribution in [3.63, 3.8) is 0 Å². The summed E-state index contributed by atoms with van der Waals surface area (Å²) in [6.07, 6.45) is 0. The van der Waals surface area contributed by atoms with E-state index < -0.39 is 5.41 Å². The van der Waals surface area contributed by atoms with E-state index in [1.54, 1.807) is 0 Å². The van der Waals surface area contributed by atoms with Crippen molar-refractivity contribution in [2.75, 3.05) is 4.90 Å². The van der Waals surface area contributed by atoms with Crippen molar-refractivity contribution in [1.82, 2.24) is 0 Å². The van der Waals surface area contributed by atoms with E-state index in [4.69, 9.17) is 9.47 Å². The summed E-state index contributed by atoms with van der Waals surface area (Å²) < 4.78 is 13.9. The molecule has 0 fully saturated rings. The fourth-order valence-electron chi connectivity index (χ4n) is 12.7. The Morgan fingerprint density at radius 1 is 0.260 bits per heavy atom. The Kier molecular flexibility index (Phi) is 8.92. The summed E-state index contributed by atoms with van der Waals surface area (Å²) >= 11 is 0. The number of hydrogen-bond donors (Lipinski definition) is 0. The Hall–Kier alpha value is -9.18. The van der Waals surface area contributed by atoms with Crippen LogP contribution in [0.1, 0.15) is 47.2 Å². The molecule has 1 aliphatic heterocycles. The van der Waals surface area contributed by atoms with Gasteiger partial charge in [0.2, 0.25) is 0 Å². The molecule has 0 radical (unpaired) electrons. The molecule has 344 valence electrons. The first-order valence-corrected chi connectivity index (χ1v) is 25.3. The summed E-state index contributed by atoms with van der Waals surface area (Å²) in [5.41, 5.74) is 25.0. The summed E-state index contributed by atoms with van der Waals surface area (Å²) in [5.74, 6) is 2.76. The highest BCUT2D eigenvalue weighted by molar-refractivity contribution is 5.96. The van der Waals surface area contributed by atoms with Gasteiger partial charge in [0.05, 0.1) is 11.1 Å². The summed E-state index contributed by atoms with van der Waals surface area (Å²) in [5, 5.41) is 0. The van der Waals surface area contributed by atoms with Gasteiger partial charge in [0.25, 0.3) is 0 Å². The van der Waals surface area contributed by atoms with E-state index in [0.29, 0.717) is 23.0 Å². The molecular weight excluding hydrogens is 887 g/mol. The van der Waals surface area contributed by atoms with Crippen molar-refractivity contribution in [3.8, 4) is 89.8 Å². The number of rotatable bonds is 6. The van der Waals surface area contributed by atoms with Crippen LogP contribution in [0.25, 0.3) is 66.8 Å². The van der Waals surface area contributed by atoms with Gasteiger partial charge in [-0.2, -0.15) is 0 Å². The molecule has 11 aromatic carbocycles. The number of anilines is 3. The molecule has 1 spiro atoms. The molecule has 0 saturated heterocycles. The Morgan fingerprint density at radius 3 is 1.25 bits per heavy atom. The van der Waals surface area contributed by atoms with Crippen molar-refractivity contribution in [2.45, 2.75) is 24.7 Å². The van der Waals surface area contributed by atoms with Crippen LogP contribution in [0.5, 0.6) is 23.0 Å². The van der Waals surface area contributed by atoms with Gasteiger partial charge in [-0.15, -0.1) is 0 Å². The van der Waals surface area contributed by atoms with Crippen molar-refractivity contribution in [1.29, 1.82) is 0 Å². The first-order chi connectivity index (χ1) is 35.9. The number of nitrogens with zero attached hydrogens (tertiary/aromatic N) is 1. The van der Waals surface area contributed by atoms with Crippen LogP contribution < -0.4 is 14.4 Å². The SMILES string of the molecule is CC1(C)c2ccccc2-c2ccc(-c3ccc(N(c4ccc(-c5ccc(-c6ccccc6)cc5)cc4)c4ccc5c(c4)Oc4cc6c(cc4O5)-c4ccccc4C64c5ccccc5-c5ccccc54)cc3)cc21. The maximum Gasteiger partial charge on any atom is 0.172 e. The van der Waals surface area contributed by atoms with Crippen molar-refractivity contribution in [2.24, 2.45) is 0 Å². The lowest BCUT2D eigenvalue weighted by molar-refractivity contribution is 0.359. The van der Waals surface area contributed by atoms with Crippen molar-refractivity contribution >= 4 is 17.1 Å². The lowest BCUT2D eigenvalue weighted by Gasteiger charge is -2.31. The quantitative estimate of drug-likeness (QED) is 0.166. The molecule has 0 atom stereocenters. The maximum atomic E-state index is 7.06. The molecule has 3 aliphatic carbocycles. The van der Waals surface area contributed by atoms with Crippen LogP contribution in [-0.4, -0.2) is 0 Å². The second-order valence-corrected chi connectivity index (χ2v) is 20.4. The molecule has 0 bridgehead atoms. The average molecular weight is 934 g/mol. The smallest absolute Gasteiger partial charge is 0.172 e. The van der Waals surface area contributed by atoms with Gasteiger partial charge in [-0.25, -0.2) is 0 Å². The van der Waals surface area contributed by atoms with Gasteiger partial charge in [-0.3, -0.25) is 0 Å². The largest absolute Gasteiger partial charge is 0.449 e. The third-order valence-electron chi connectivity index (χ3n) is 16.2. The Morgan fingerprint density at radius 2 is 0.658 bits per heavy atom. The zero-order valence-electron chi connectivity index (χ0n) is 40.4. The van der Waals surface area contributed by atoms with Crippen LogP contribution in [0.3, 0.4) is 0 Å². The summed E-state index contributed by atoms with van der Waals surface area (Å²) in [7, 11) is 0. The third kappa shape index (κ3) is 6.12. The first kappa shape index (κ1) is 41.6. The number of hydrogen-bond acceptors (Lipinski definition) is 3. The van der Waals surface area contributed by atoms with Gasteiger partial charge in [0.15, 0.2) is 23.0 Å². The zero-order chi connectivity index (χ0) is 48.4. The zero-order valence-corrected chi connectivity index (χ0v) is 40.4. The lowest BCUT2D eigenvalue weighted by atomic mass is 9.70. The van der Waals surface area contributed by atoms with E-state index in [1.807, 2.05) is 6.07 Å². The minimum absolute atomic E-state index is 0.0761. The van der Waals surface area contributed by atoms with E-state index in [0.717, 1.165) is 22.6 Å². The molecule has 1 heterocycles. The molecule has 73 heavy (non-hydrogen) atoms. The molecule has 0 amide bonds. The van der Waals surface area contributed by atoms with Crippen LogP contribution in [0.4, 0.5) is 17.1 Å². The summed E-state index contributed by atoms with van der Waals surface area (Å²) in [4.78, 5) is 2.31. The van der Waals surface area contributed by atoms with Crippen molar-refractivity contribution in [3.05, 3.63) is 282 Å². The topological polar surface area (TPSA) is 21.7 Å². The molecule has 0 saturated carbocycles. The summed E-state index contributed by atoms with van der Waals surface area (Å²) in [6.45, 7) is 4.69. The molecule has 15 rings (SSSR count). The predicted octanol–water partition coefficient (Wildman–Crippen LogP) is 18.7. The molecule has 4 aliphatic rings. The Labute approximate surface area is 425 Å². The fraction of sp³-hybridized carbons (Fsp3) is 0.0571. The van der Waals surface area contributed by atoms with E-state index in [1.165, 1.54) is 94.6 Å². The highest BCUT2D eigenvalue weighted by Crippen LogP contribution is 2.65. The van der Waals surface area contributed by atoms with Crippen LogP contribution in [0, 0.1) is 0 Å². The molecule has 3 nitrogen and oxygen atoms in total. The number of fused-ring (bicyclic) bond motifs is 15. The average Bonchev–Trinajstić information content (AvgIpc) is 4.00. The highest BCUT2D eigenvalue weighted by atomic mass is 16.6. The minimum Gasteiger partial charge on any atom is -0.449 e. The molecule has 11 aromatic rings.